The molecule has 3 nitrogen and oxygen atoms in total. The standard InChI is InChI=1S/C15H24N2O/c1-12-14(10-11-18-12)15(17-16)9-5-8-13-6-3-2-4-7-13/h2-4,6-7,12,14-15,17H,5,8-11,16H2,1H3. The highest BCUT2D eigenvalue weighted by molar-refractivity contribution is 5.14. The lowest BCUT2D eigenvalue weighted by molar-refractivity contribution is 0.0940. The summed E-state index contributed by atoms with van der Waals surface area (Å²) in [6, 6.07) is 11.0. The predicted octanol–water partition coefficient (Wildman–Crippen LogP) is 2.27. The minimum atomic E-state index is 0.336. The van der Waals surface area contributed by atoms with Gasteiger partial charge in [0, 0.05) is 18.6 Å². The highest BCUT2D eigenvalue weighted by Gasteiger charge is 2.30. The lowest BCUT2D eigenvalue weighted by atomic mass is 9.90. The Balaban J connectivity index is 1.77. The maximum Gasteiger partial charge on any atom is 0.0591 e. The zero-order chi connectivity index (χ0) is 12.8. The summed E-state index contributed by atoms with van der Waals surface area (Å²) >= 11 is 0. The van der Waals surface area contributed by atoms with Crippen LogP contribution in [0.15, 0.2) is 30.3 Å². The first-order valence-electron chi connectivity index (χ1n) is 6.93. The monoisotopic (exact) mass is 248 g/mol. The van der Waals surface area contributed by atoms with Crippen molar-refractivity contribution in [3.8, 4) is 0 Å². The second-order valence-electron chi connectivity index (χ2n) is 5.18. The summed E-state index contributed by atoms with van der Waals surface area (Å²) in [5.41, 5.74) is 4.39. The SMILES string of the molecule is CC1OCCC1C(CCCc1ccccc1)NN. The fourth-order valence-electron chi connectivity index (χ4n) is 2.87. The van der Waals surface area contributed by atoms with Crippen molar-refractivity contribution >= 4 is 0 Å². The van der Waals surface area contributed by atoms with Gasteiger partial charge in [-0.25, -0.2) is 0 Å². The maximum atomic E-state index is 5.69. The molecular weight excluding hydrogens is 224 g/mol. The maximum absolute atomic E-state index is 5.69. The highest BCUT2D eigenvalue weighted by atomic mass is 16.5. The number of nitrogens with one attached hydrogen (secondary N) is 1. The Morgan fingerprint density at radius 2 is 2.17 bits per heavy atom. The van der Waals surface area contributed by atoms with Crippen molar-refractivity contribution in [3.63, 3.8) is 0 Å². The highest BCUT2D eigenvalue weighted by Crippen LogP contribution is 2.26. The quantitative estimate of drug-likeness (QED) is 0.599. The number of ether oxygens (including phenoxy) is 1. The van der Waals surface area contributed by atoms with Crippen LogP contribution in [0.5, 0.6) is 0 Å². The van der Waals surface area contributed by atoms with Crippen LogP contribution >= 0.6 is 0 Å². The minimum Gasteiger partial charge on any atom is -0.378 e. The Kier molecular flexibility index (Phi) is 5.17. The van der Waals surface area contributed by atoms with Crippen molar-refractivity contribution in [1.82, 2.24) is 5.43 Å². The van der Waals surface area contributed by atoms with Gasteiger partial charge in [0.05, 0.1) is 6.10 Å². The van der Waals surface area contributed by atoms with E-state index in [4.69, 9.17) is 10.6 Å². The molecule has 1 aromatic rings. The third-order valence-corrected chi connectivity index (χ3v) is 3.99. The second-order valence-corrected chi connectivity index (χ2v) is 5.18. The van der Waals surface area contributed by atoms with Crippen LogP contribution in [0.1, 0.15) is 31.7 Å². The van der Waals surface area contributed by atoms with E-state index in [9.17, 15) is 0 Å². The van der Waals surface area contributed by atoms with Gasteiger partial charge in [0.25, 0.3) is 0 Å². The van der Waals surface area contributed by atoms with Crippen molar-refractivity contribution in [2.45, 2.75) is 44.8 Å². The van der Waals surface area contributed by atoms with Crippen LogP contribution in [-0.2, 0) is 11.2 Å². The molecule has 1 aromatic carbocycles. The first-order valence-corrected chi connectivity index (χ1v) is 6.93. The second kappa shape index (κ2) is 6.88. The smallest absolute Gasteiger partial charge is 0.0591 e. The molecular formula is C15H24N2O. The van der Waals surface area contributed by atoms with Crippen LogP contribution in [0.3, 0.4) is 0 Å². The Morgan fingerprint density at radius 1 is 1.39 bits per heavy atom. The molecule has 3 atom stereocenters. The predicted molar refractivity (Wildman–Crippen MR) is 74.0 cm³/mol. The van der Waals surface area contributed by atoms with Crippen molar-refractivity contribution < 1.29 is 4.74 Å². The summed E-state index contributed by atoms with van der Waals surface area (Å²) in [5, 5.41) is 0. The molecule has 1 aliphatic rings. The molecule has 1 heterocycles. The van der Waals surface area contributed by atoms with Crippen LogP contribution in [0.4, 0.5) is 0 Å². The Hall–Kier alpha value is -0.900. The van der Waals surface area contributed by atoms with Gasteiger partial charge in [0.1, 0.15) is 0 Å². The lowest BCUT2D eigenvalue weighted by Gasteiger charge is -2.25. The molecule has 0 saturated carbocycles. The molecule has 100 valence electrons. The molecule has 3 N–H and O–H groups in total. The van der Waals surface area contributed by atoms with E-state index in [2.05, 4.69) is 42.7 Å². The third kappa shape index (κ3) is 3.55. The molecule has 0 bridgehead atoms. The van der Waals surface area contributed by atoms with Gasteiger partial charge >= 0.3 is 0 Å². The summed E-state index contributed by atoms with van der Waals surface area (Å²) in [6.07, 6.45) is 4.87. The van der Waals surface area contributed by atoms with E-state index in [1.54, 1.807) is 0 Å². The van der Waals surface area contributed by atoms with Gasteiger partial charge in [-0.3, -0.25) is 11.3 Å². The van der Waals surface area contributed by atoms with Crippen molar-refractivity contribution in [2.75, 3.05) is 6.61 Å². The normalized spacial score (nSPS) is 25.2. The van der Waals surface area contributed by atoms with E-state index in [-0.39, 0.29) is 0 Å². The number of benzene rings is 1. The van der Waals surface area contributed by atoms with Gasteiger partial charge in [-0.15, -0.1) is 0 Å². The zero-order valence-electron chi connectivity index (χ0n) is 11.1. The van der Waals surface area contributed by atoms with E-state index in [0.717, 1.165) is 25.9 Å². The lowest BCUT2D eigenvalue weighted by Crippen LogP contribution is -2.43. The molecule has 0 amide bonds. The van der Waals surface area contributed by atoms with Crippen LogP contribution in [0.2, 0.25) is 0 Å². The van der Waals surface area contributed by atoms with Crippen molar-refractivity contribution in [1.29, 1.82) is 0 Å². The van der Waals surface area contributed by atoms with Gasteiger partial charge in [-0.05, 0) is 38.2 Å². The van der Waals surface area contributed by atoms with Gasteiger partial charge in [0.15, 0.2) is 0 Å². The first kappa shape index (κ1) is 13.5. The van der Waals surface area contributed by atoms with Crippen LogP contribution in [0.25, 0.3) is 0 Å². The summed E-state index contributed by atoms with van der Waals surface area (Å²) < 4.78 is 5.62. The zero-order valence-corrected chi connectivity index (χ0v) is 11.1. The number of nitrogens with two attached hydrogens (primary N) is 1. The Morgan fingerprint density at radius 3 is 2.78 bits per heavy atom. The topological polar surface area (TPSA) is 47.3 Å². The molecule has 0 aromatic heterocycles. The van der Waals surface area contributed by atoms with Crippen LogP contribution in [0, 0.1) is 5.92 Å². The number of aryl methyl sites for hydroxylation is 1. The third-order valence-electron chi connectivity index (χ3n) is 3.99. The van der Waals surface area contributed by atoms with E-state index in [1.165, 1.54) is 12.0 Å². The van der Waals surface area contributed by atoms with Crippen molar-refractivity contribution in [3.05, 3.63) is 35.9 Å². The summed E-state index contributed by atoms with van der Waals surface area (Å²) in [5.74, 6) is 6.25. The molecule has 18 heavy (non-hydrogen) atoms. The molecule has 0 radical (unpaired) electrons. The molecule has 3 heteroatoms. The first-order chi connectivity index (χ1) is 8.81. The Bertz CT molecular complexity index is 342. The number of hydrazine groups is 1. The minimum absolute atomic E-state index is 0.336. The molecule has 2 rings (SSSR count). The van der Waals surface area contributed by atoms with Gasteiger partial charge in [-0.2, -0.15) is 0 Å². The molecule has 1 saturated heterocycles. The fourth-order valence-corrected chi connectivity index (χ4v) is 2.87. The molecule has 1 fully saturated rings. The number of rotatable bonds is 6. The molecule has 1 aliphatic heterocycles. The average Bonchev–Trinajstić information content (AvgIpc) is 2.82. The van der Waals surface area contributed by atoms with E-state index in [0.29, 0.717) is 18.1 Å². The van der Waals surface area contributed by atoms with Crippen molar-refractivity contribution in [2.24, 2.45) is 11.8 Å². The van der Waals surface area contributed by atoms with E-state index in [1.807, 2.05) is 0 Å². The number of hydrogen-bond donors (Lipinski definition) is 2. The molecule has 0 spiro atoms. The molecule has 3 unspecified atom stereocenters. The average molecular weight is 248 g/mol. The summed E-state index contributed by atoms with van der Waals surface area (Å²) in [6.45, 7) is 3.03. The van der Waals surface area contributed by atoms with Gasteiger partial charge in [0.2, 0.25) is 0 Å². The van der Waals surface area contributed by atoms with Crippen LogP contribution in [-0.4, -0.2) is 18.8 Å². The number of hydrogen-bond acceptors (Lipinski definition) is 3. The van der Waals surface area contributed by atoms with Gasteiger partial charge in [-0.1, -0.05) is 30.3 Å². The largest absolute Gasteiger partial charge is 0.378 e. The van der Waals surface area contributed by atoms with E-state index >= 15 is 0 Å². The van der Waals surface area contributed by atoms with Crippen LogP contribution < -0.4 is 11.3 Å². The Labute approximate surface area is 110 Å². The molecule has 0 aliphatic carbocycles. The summed E-state index contributed by atoms with van der Waals surface area (Å²) in [7, 11) is 0. The van der Waals surface area contributed by atoms with Gasteiger partial charge < -0.3 is 4.74 Å². The van der Waals surface area contributed by atoms with E-state index < -0.39 is 0 Å². The fraction of sp³-hybridized carbons (Fsp3) is 0.600. The summed E-state index contributed by atoms with van der Waals surface area (Å²) in [4.78, 5) is 0.